The second kappa shape index (κ2) is 7.75. The van der Waals surface area contributed by atoms with E-state index < -0.39 is 0 Å². The number of carbonyl (C=O) groups is 1. The summed E-state index contributed by atoms with van der Waals surface area (Å²) in [7, 11) is 1.45. The summed E-state index contributed by atoms with van der Waals surface area (Å²) in [6.45, 7) is -0.0351. The van der Waals surface area contributed by atoms with Crippen LogP contribution in [0.2, 0.25) is 15.1 Å². The van der Waals surface area contributed by atoms with E-state index in [1.54, 1.807) is 30.3 Å². The fourth-order valence-electron chi connectivity index (χ4n) is 1.85. The molecule has 1 amide bonds. The Morgan fingerprint density at radius 3 is 2.48 bits per heavy atom. The minimum absolute atomic E-state index is 0.0351. The zero-order valence-electron chi connectivity index (χ0n) is 11.9. The standard InChI is InChI=1S/C15H12Cl3NO4/c1-22-14-5-9(7-19(21)8-20)4-13(18)15(14)23-10-2-3-11(16)12(17)6-10/h2-6,8,21H,7H2,1H3. The number of methoxy groups -OCH3 is 1. The molecule has 0 fully saturated rings. The minimum atomic E-state index is -0.0351. The lowest BCUT2D eigenvalue weighted by molar-refractivity contribution is -0.152. The summed E-state index contributed by atoms with van der Waals surface area (Å²) in [4.78, 5) is 10.5. The average Bonchev–Trinajstić information content (AvgIpc) is 2.52. The third-order valence-electron chi connectivity index (χ3n) is 2.87. The molecule has 0 saturated carbocycles. The molecule has 0 atom stereocenters. The van der Waals surface area contributed by atoms with Crippen molar-refractivity contribution in [2.75, 3.05) is 7.11 Å². The molecule has 1 N–H and O–H groups in total. The molecule has 0 aliphatic carbocycles. The minimum Gasteiger partial charge on any atom is -0.493 e. The summed E-state index contributed by atoms with van der Waals surface area (Å²) in [6, 6.07) is 7.95. The number of hydroxylamine groups is 2. The molecule has 0 radical (unpaired) electrons. The van der Waals surface area contributed by atoms with Crippen molar-refractivity contribution in [1.82, 2.24) is 5.06 Å². The maximum Gasteiger partial charge on any atom is 0.233 e. The molecule has 0 saturated heterocycles. The molecule has 2 rings (SSSR count). The molecule has 2 aromatic rings. The van der Waals surface area contributed by atoms with Crippen LogP contribution in [-0.4, -0.2) is 23.8 Å². The van der Waals surface area contributed by atoms with Crippen LogP contribution in [0.1, 0.15) is 5.56 Å². The van der Waals surface area contributed by atoms with Crippen LogP contribution >= 0.6 is 34.8 Å². The predicted molar refractivity (Wildman–Crippen MR) is 87.9 cm³/mol. The number of nitrogens with zero attached hydrogens (tertiary/aromatic N) is 1. The predicted octanol–water partition coefficient (Wildman–Crippen LogP) is 4.80. The maximum atomic E-state index is 10.5. The van der Waals surface area contributed by atoms with Crippen LogP contribution in [0.15, 0.2) is 30.3 Å². The summed E-state index contributed by atoms with van der Waals surface area (Å²) in [5, 5.41) is 10.7. The molecule has 0 aliphatic heterocycles. The molecule has 0 spiro atoms. The Bertz CT molecular complexity index is 724. The molecule has 5 nitrogen and oxygen atoms in total. The number of carbonyl (C=O) groups excluding carboxylic acids is 1. The zero-order valence-corrected chi connectivity index (χ0v) is 14.2. The van der Waals surface area contributed by atoms with Gasteiger partial charge in [0.25, 0.3) is 0 Å². The number of benzene rings is 2. The Labute approximate surface area is 147 Å². The first kappa shape index (κ1) is 17.7. The van der Waals surface area contributed by atoms with E-state index in [0.29, 0.717) is 38.6 Å². The van der Waals surface area contributed by atoms with Crippen molar-refractivity contribution in [3.63, 3.8) is 0 Å². The first-order chi connectivity index (χ1) is 10.9. The third-order valence-corrected chi connectivity index (χ3v) is 3.89. The molecule has 2 aromatic carbocycles. The van der Waals surface area contributed by atoms with Crippen molar-refractivity contribution in [3.05, 3.63) is 51.0 Å². The van der Waals surface area contributed by atoms with E-state index in [-0.39, 0.29) is 17.3 Å². The van der Waals surface area contributed by atoms with Crippen LogP contribution < -0.4 is 9.47 Å². The van der Waals surface area contributed by atoms with Crippen LogP contribution in [0.25, 0.3) is 0 Å². The van der Waals surface area contributed by atoms with Gasteiger partial charge in [-0.1, -0.05) is 34.8 Å². The van der Waals surface area contributed by atoms with Crippen LogP contribution in [0.4, 0.5) is 0 Å². The lowest BCUT2D eigenvalue weighted by Gasteiger charge is -2.15. The quantitative estimate of drug-likeness (QED) is 0.447. The molecule has 0 heterocycles. The van der Waals surface area contributed by atoms with Gasteiger partial charge in [0, 0.05) is 6.07 Å². The highest BCUT2D eigenvalue weighted by atomic mass is 35.5. The molecule has 23 heavy (non-hydrogen) atoms. The first-order valence-electron chi connectivity index (χ1n) is 6.34. The Balaban J connectivity index is 2.34. The van der Waals surface area contributed by atoms with E-state index in [4.69, 9.17) is 44.3 Å². The number of ether oxygens (including phenoxy) is 2. The third kappa shape index (κ3) is 4.42. The van der Waals surface area contributed by atoms with Crippen LogP contribution in [-0.2, 0) is 11.3 Å². The molecule has 0 aromatic heterocycles. The van der Waals surface area contributed by atoms with Gasteiger partial charge >= 0.3 is 0 Å². The van der Waals surface area contributed by atoms with Crippen molar-refractivity contribution in [3.8, 4) is 17.2 Å². The normalized spacial score (nSPS) is 10.3. The SMILES string of the molecule is COc1cc(CN(O)C=O)cc(Cl)c1Oc1ccc(Cl)c(Cl)c1. The molecule has 0 aliphatic rings. The van der Waals surface area contributed by atoms with E-state index in [1.807, 2.05) is 0 Å². The summed E-state index contributed by atoms with van der Waals surface area (Å²) in [5.41, 5.74) is 0.572. The van der Waals surface area contributed by atoms with Gasteiger partial charge in [-0.25, -0.2) is 5.06 Å². The fourth-order valence-corrected chi connectivity index (χ4v) is 2.41. The van der Waals surface area contributed by atoms with Gasteiger partial charge in [-0.05, 0) is 29.8 Å². The highest BCUT2D eigenvalue weighted by Gasteiger charge is 2.15. The Kier molecular flexibility index (Phi) is 5.96. The number of hydrogen-bond donors (Lipinski definition) is 1. The van der Waals surface area contributed by atoms with Crippen LogP contribution in [0.5, 0.6) is 17.2 Å². The lowest BCUT2D eigenvalue weighted by Crippen LogP contribution is -2.15. The summed E-state index contributed by atoms with van der Waals surface area (Å²) in [5.74, 6) is 1.06. The number of hydrogen-bond acceptors (Lipinski definition) is 4. The summed E-state index contributed by atoms with van der Waals surface area (Å²) >= 11 is 18.0. The number of halogens is 3. The van der Waals surface area contributed by atoms with Crippen molar-refractivity contribution >= 4 is 41.2 Å². The van der Waals surface area contributed by atoms with E-state index in [2.05, 4.69) is 0 Å². The van der Waals surface area contributed by atoms with Gasteiger partial charge in [0.05, 0.1) is 28.7 Å². The van der Waals surface area contributed by atoms with Crippen LogP contribution in [0.3, 0.4) is 0 Å². The highest BCUT2D eigenvalue weighted by molar-refractivity contribution is 6.42. The molecule has 8 heteroatoms. The van der Waals surface area contributed by atoms with Gasteiger partial charge in [-0.2, -0.15) is 0 Å². The van der Waals surface area contributed by atoms with E-state index in [1.165, 1.54) is 7.11 Å². The molecule has 0 unspecified atom stereocenters. The fraction of sp³-hybridized carbons (Fsp3) is 0.133. The summed E-state index contributed by atoms with van der Waals surface area (Å²) in [6.07, 6.45) is 0.292. The summed E-state index contributed by atoms with van der Waals surface area (Å²) < 4.78 is 11.0. The van der Waals surface area contributed by atoms with Crippen molar-refractivity contribution in [2.45, 2.75) is 6.54 Å². The van der Waals surface area contributed by atoms with Crippen molar-refractivity contribution in [2.24, 2.45) is 0 Å². The van der Waals surface area contributed by atoms with Gasteiger partial charge in [0.15, 0.2) is 11.5 Å². The molecule has 122 valence electrons. The van der Waals surface area contributed by atoms with Gasteiger partial charge in [-0.15, -0.1) is 0 Å². The zero-order chi connectivity index (χ0) is 17.0. The number of rotatable bonds is 6. The van der Waals surface area contributed by atoms with Gasteiger partial charge < -0.3 is 9.47 Å². The Hall–Kier alpha value is -1.66. The van der Waals surface area contributed by atoms with E-state index >= 15 is 0 Å². The average molecular weight is 377 g/mol. The Morgan fingerprint density at radius 2 is 1.87 bits per heavy atom. The van der Waals surface area contributed by atoms with Gasteiger partial charge in [0.2, 0.25) is 6.41 Å². The van der Waals surface area contributed by atoms with Crippen LogP contribution in [0, 0.1) is 0 Å². The van der Waals surface area contributed by atoms with E-state index in [9.17, 15) is 10.0 Å². The second-order valence-electron chi connectivity index (χ2n) is 4.49. The maximum absolute atomic E-state index is 10.5. The monoisotopic (exact) mass is 375 g/mol. The number of amides is 1. The largest absolute Gasteiger partial charge is 0.493 e. The van der Waals surface area contributed by atoms with Crippen molar-refractivity contribution < 1.29 is 19.5 Å². The molecular weight excluding hydrogens is 365 g/mol. The molecular formula is C15H12Cl3NO4. The molecule has 0 bridgehead atoms. The first-order valence-corrected chi connectivity index (χ1v) is 7.48. The van der Waals surface area contributed by atoms with E-state index in [0.717, 1.165) is 0 Å². The highest BCUT2D eigenvalue weighted by Crippen LogP contribution is 2.40. The lowest BCUT2D eigenvalue weighted by atomic mass is 10.2. The Morgan fingerprint density at radius 1 is 1.13 bits per heavy atom. The topological polar surface area (TPSA) is 59.0 Å². The second-order valence-corrected chi connectivity index (χ2v) is 5.71. The van der Waals surface area contributed by atoms with Crippen molar-refractivity contribution in [1.29, 1.82) is 0 Å². The van der Waals surface area contributed by atoms with Gasteiger partial charge in [0.1, 0.15) is 5.75 Å². The van der Waals surface area contributed by atoms with Gasteiger partial charge in [-0.3, -0.25) is 10.0 Å². The smallest absolute Gasteiger partial charge is 0.233 e.